The molecule has 0 amide bonds. The summed E-state index contributed by atoms with van der Waals surface area (Å²) >= 11 is 0. The monoisotopic (exact) mass is 223 g/mol. The summed E-state index contributed by atoms with van der Waals surface area (Å²) in [6.07, 6.45) is 4.67. The van der Waals surface area contributed by atoms with Crippen molar-refractivity contribution in [2.45, 2.75) is 45.6 Å². The average molecular weight is 223 g/mol. The molecule has 1 saturated heterocycles. The normalized spacial score (nSPS) is 19.1. The molecule has 1 fully saturated rings. The minimum Gasteiger partial charge on any atom is -0.314 e. The number of rotatable bonds is 2. The van der Waals surface area contributed by atoms with Crippen LogP contribution in [-0.2, 0) is 6.42 Å². The first-order valence-electron chi connectivity index (χ1n) is 6.24. The Hall–Kier alpha value is -0.890. The summed E-state index contributed by atoms with van der Waals surface area (Å²) in [5.41, 5.74) is 1.10. The molecular weight excluding hydrogens is 201 g/mol. The average Bonchev–Trinajstić information content (AvgIpc) is 2.71. The Morgan fingerprint density at radius 3 is 2.69 bits per heavy atom. The first-order chi connectivity index (χ1) is 7.76. The number of nitrogens with one attached hydrogen (secondary N) is 1. The van der Waals surface area contributed by atoms with Gasteiger partial charge >= 0.3 is 0 Å². The van der Waals surface area contributed by atoms with E-state index in [4.69, 9.17) is 0 Å². The fourth-order valence-corrected chi connectivity index (χ4v) is 1.88. The molecule has 90 valence electrons. The molecule has 16 heavy (non-hydrogen) atoms. The van der Waals surface area contributed by atoms with Crippen LogP contribution in [0.4, 0.5) is 4.39 Å². The molecule has 0 saturated carbocycles. The van der Waals surface area contributed by atoms with E-state index in [-0.39, 0.29) is 5.82 Å². The van der Waals surface area contributed by atoms with E-state index in [1.807, 2.05) is 6.07 Å². The Kier molecular flexibility index (Phi) is 6.09. The van der Waals surface area contributed by atoms with Gasteiger partial charge in [0.1, 0.15) is 5.82 Å². The summed E-state index contributed by atoms with van der Waals surface area (Å²) in [4.78, 5) is 0. The summed E-state index contributed by atoms with van der Waals surface area (Å²) in [5.74, 6) is -0.129. The van der Waals surface area contributed by atoms with Crippen LogP contribution < -0.4 is 5.32 Å². The van der Waals surface area contributed by atoms with Crippen LogP contribution in [0.15, 0.2) is 24.3 Å². The third kappa shape index (κ3) is 4.75. The standard InChI is InChI=1S/C11H14FN.C3H8/c12-10-4-1-3-9(7-10)8-11-5-2-6-13-11;1-3-2/h1,3-4,7,11,13H,2,5-6,8H2;3H2,1-2H3. The predicted octanol–water partition coefficient (Wildman–Crippen LogP) is 3.54. The molecular formula is C14H22FN. The molecule has 1 nitrogen and oxygen atoms in total. The molecule has 1 aromatic rings. The van der Waals surface area contributed by atoms with E-state index >= 15 is 0 Å². The van der Waals surface area contributed by atoms with E-state index in [1.165, 1.54) is 25.3 Å². The van der Waals surface area contributed by atoms with Crippen LogP contribution in [-0.4, -0.2) is 12.6 Å². The Bertz CT molecular complexity index is 293. The molecule has 0 bridgehead atoms. The summed E-state index contributed by atoms with van der Waals surface area (Å²) in [5, 5.41) is 3.40. The first kappa shape index (κ1) is 13.2. The van der Waals surface area contributed by atoms with Gasteiger partial charge in [-0.1, -0.05) is 32.4 Å². The number of benzene rings is 1. The third-order valence-corrected chi connectivity index (χ3v) is 2.53. The van der Waals surface area contributed by atoms with Crippen LogP contribution in [0.5, 0.6) is 0 Å². The fraction of sp³-hybridized carbons (Fsp3) is 0.571. The van der Waals surface area contributed by atoms with Crippen molar-refractivity contribution in [3.8, 4) is 0 Å². The Labute approximate surface area is 98.1 Å². The van der Waals surface area contributed by atoms with Crippen molar-refractivity contribution in [2.24, 2.45) is 0 Å². The summed E-state index contributed by atoms with van der Waals surface area (Å²) in [7, 11) is 0. The van der Waals surface area contributed by atoms with Crippen LogP contribution in [0.3, 0.4) is 0 Å². The van der Waals surface area contributed by atoms with Crippen molar-refractivity contribution in [2.75, 3.05) is 6.54 Å². The van der Waals surface area contributed by atoms with Gasteiger partial charge in [-0.15, -0.1) is 0 Å². The Balaban J connectivity index is 0.000000386. The van der Waals surface area contributed by atoms with Crippen molar-refractivity contribution in [1.82, 2.24) is 5.32 Å². The summed E-state index contributed by atoms with van der Waals surface area (Å²) in [6.45, 7) is 5.36. The molecule has 1 aliphatic rings. The molecule has 1 aliphatic heterocycles. The topological polar surface area (TPSA) is 12.0 Å². The number of hydrogen-bond acceptors (Lipinski definition) is 1. The lowest BCUT2D eigenvalue weighted by atomic mass is 10.0. The Morgan fingerprint density at radius 1 is 1.38 bits per heavy atom. The van der Waals surface area contributed by atoms with Crippen molar-refractivity contribution in [3.63, 3.8) is 0 Å². The van der Waals surface area contributed by atoms with Gasteiger partial charge in [-0.25, -0.2) is 4.39 Å². The van der Waals surface area contributed by atoms with Crippen molar-refractivity contribution >= 4 is 0 Å². The van der Waals surface area contributed by atoms with E-state index in [0.717, 1.165) is 18.5 Å². The van der Waals surface area contributed by atoms with Gasteiger partial charge in [0.05, 0.1) is 0 Å². The SMILES string of the molecule is CCC.Fc1cccc(CC2CCCN2)c1. The van der Waals surface area contributed by atoms with Crippen LogP contribution in [0.25, 0.3) is 0 Å². The van der Waals surface area contributed by atoms with Crippen molar-refractivity contribution in [1.29, 1.82) is 0 Å². The molecule has 0 aliphatic carbocycles. The minimum absolute atomic E-state index is 0.129. The maximum absolute atomic E-state index is 12.8. The maximum Gasteiger partial charge on any atom is 0.123 e. The van der Waals surface area contributed by atoms with Crippen LogP contribution in [0.1, 0.15) is 38.7 Å². The van der Waals surface area contributed by atoms with E-state index in [0.29, 0.717) is 6.04 Å². The second-order valence-electron chi connectivity index (χ2n) is 4.33. The van der Waals surface area contributed by atoms with Crippen LogP contribution >= 0.6 is 0 Å². The largest absolute Gasteiger partial charge is 0.314 e. The van der Waals surface area contributed by atoms with Crippen LogP contribution in [0.2, 0.25) is 0 Å². The molecule has 1 unspecified atom stereocenters. The van der Waals surface area contributed by atoms with Gasteiger partial charge in [-0.3, -0.25) is 0 Å². The van der Waals surface area contributed by atoms with Gasteiger partial charge < -0.3 is 5.32 Å². The number of halogens is 1. The number of hydrogen-bond donors (Lipinski definition) is 1. The van der Waals surface area contributed by atoms with Gasteiger partial charge in [0.15, 0.2) is 0 Å². The lowest BCUT2D eigenvalue weighted by molar-refractivity contribution is 0.593. The molecule has 1 atom stereocenters. The lowest BCUT2D eigenvalue weighted by Crippen LogP contribution is -2.23. The molecule has 2 rings (SSSR count). The van der Waals surface area contributed by atoms with Crippen molar-refractivity contribution < 1.29 is 4.39 Å². The summed E-state index contributed by atoms with van der Waals surface area (Å²) < 4.78 is 12.8. The molecule has 0 aromatic heterocycles. The minimum atomic E-state index is -0.129. The fourth-order valence-electron chi connectivity index (χ4n) is 1.88. The second-order valence-corrected chi connectivity index (χ2v) is 4.33. The summed E-state index contributed by atoms with van der Waals surface area (Å²) in [6, 6.07) is 7.44. The molecule has 0 radical (unpaired) electrons. The zero-order valence-corrected chi connectivity index (χ0v) is 10.3. The molecule has 1 heterocycles. The van der Waals surface area contributed by atoms with E-state index in [1.54, 1.807) is 12.1 Å². The van der Waals surface area contributed by atoms with Gasteiger partial charge in [0, 0.05) is 6.04 Å². The predicted molar refractivity (Wildman–Crippen MR) is 67.1 cm³/mol. The van der Waals surface area contributed by atoms with E-state index in [9.17, 15) is 4.39 Å². The second kappa shape index (κ2) is 7.39. The third-order valence-electron chi connectivity index (χ3n) is 2.53. The molecule has 0 spiro atoms. The first-order valence-corrected chi connectivity index (χ1v) is 6.24. The molecule has 1 aromatic carbocycles. The van der Waals surface area contributed by atoms with Crippen LogP contribution in [0, 0.1) is 5.82 Å². The zero-order valence-electron chi connectivity index (χ0n) is 10.3. The molecule has 1 N–H and O–H groups in total. The highest BCUT2D eigenvalue weighted by atomic mass is 19.1. The highest BCUT2D eigenvalue weighted by Crippen LogP contribution is 2.12. The van der Waals surface area contributed by atoms with E-state index in [2.05, 4.69) is 19.2 Å². The maximum atomic E-state index is 12.8. The van der Waals surface area contributed by atoms with E-state index < -0.39 is 0 Å². The quantitative estimate of drug-likeness (QED) is 0.808. The van der Waals surface area contributed by atoms with Gasteiger partial charge in [-0.05, 0) is 43.5 Å². The lowest BCUT2D eigenvalue weighted by Gasteiger charge is -2.09. The molecule has 2 heteroatoms. The highest BCUT2D eigenvalue weighted by molar-refractivity contribution is 5.17. The van der Waals surface area contributed by atoms with Crippen molar-refractivity contribution in [3.05, 3.63) is 35.6 Å². The smallest absolute Gasteiger partial charge is 0.123 e. The van der Waals surface area contributed by atoms with Gasteiger partial charge in [0.2, 0.25) is 0 Å². The Morgan fingerprint density at radius 2 is 2.12 bits per heavy atom. The van der Waals surface area contributed by atoms with Gasteiger partial charge in [-0.2, -0.15) is 0 Å². The zero-order chi connectivity index (χ0) is 11.8. The highest BCUT2D eigenvalue weighted by Gasteiger charge is 2.14. The van der Waals surface area contributed by atoms with Gasteiger partial charge in [0.25, 0.3) is 0 Å².